The number of cyclic esters (lactones) is 1. The van der Waals surface area contributed by atoms with Crippen molar-refractivity contribution in [1.29, 1.82) is 0 Å². The van der Waals surface area contributed by atoms with Crippen molar-refractivity contribution in [1.82, 2.24) is 14.4 Å². The number of nitrogens with zero attached hydrogens (tertiary/aromatic N) is 3. The van der Waals surface area contributed by atoms with Gasteiger partial charge in [0, 0.05) is 49.6 Å². The molecule has 1 saturated heterocycles. The van der Waals surface area contributed by atoms with Gasteiger partial charge in [-0.2, -0.15) is 0 Å². The van der Waals surface area contributed by atoms with E-state index in [2.05, 4.69) is 4.90 Å². The molecular weight excluding hydrogens is 602 g/mol. The Kier molecular flexibility index (Phi) is 12.4. The summed E-state index contributed by atoms with van der Waals surface area (Å²) in [5.74, 6) is -0.986. The van der Waals surface area contributed by atoms with Crippen LogP contribution < -0.4 is 0 Å². The molecule has 6 atom stereocenters. The van der Waals surface area contributed by atoms with E-state index in [1.165, 1.54) is 4.57 Å². The smallest absolute Gasteiger partial charge is 0.418 e. The largest absolute Gasteiger partial charge is 0.457 e. The lowest BCUT2D eigenvalue weighted by atomic mass is 9.89. The Morgan fingerprint density at radius 1 is 1.13 bits per heavy atom. The van der Waals surface area contributed by atoms with Gasteiger partial charge in [-0.05, 0) is 57.5 Å². The third kappa shape index (κ3) is 10.0. The van der Waals surface area contributed by atoms with Gasteiger partial charge in [-0.25, -0.2) is 9.59 Å². The number of amides is 1. The van der Waals surface area contributed by atoms with Gasteiger partial charge in [0.2, 0.25) is 0 Å². The van der Waals surface area contributed by atoms with Crippen molar-refractivity contribution in [2.24, 2.45) is 11.8 Å². The van der Waals surface area contributed by atoms with Gasteiger partial charge in [-0.15, -0.1) is 0 Å². The lowest BCUT2D eigenvalue weighted by molar-refractivity contribution is -0.151. The fraction of sp³-hybridized carbons (Fsp3) is 0.528. The summed E-state index contributed by atoms with van der Waals surface area (Å²) in [6, 6.07) is 9.45. The van der Waals surface area contributed by atoms with Crippen LogP contribution in [0.2, 0.25) is 0 Å². The number of aromatic nitrogens is 1. The summed E-state index contributed by atoms with van der Waals surface area (Å²) >= 11 is 0. The Morgan fingerprint density at radius 3 is 2.60 bits per heavy atom. The second kappa shape index (κ2) is 16.3. The average Bonchev–Trinajstić information content (AvgIpc) is 3.47. The van der Waals surface area contributed by atoms with E-state index in [-0.39, 0.29) is 37.7 Å². The van der Waals surface area contributed by atoms with Crippen molar-refractivity contribution >= 4 is 29.1 Å². The number of para-hydroxylation sites is 1. The van der Waals surface area contributed by atoms with E-state index >= 15 is 0 Å². The Labute approximate surface area is 277 Å². The van der Waals surface area contributed by atoms with Crippen LogP contribution in [0.5, 0.6) is 0 Å². The Balaban J connectivity index is 1.43. The highest BCUT2D eigenvalue weighted by atomic mass is 16.6. The number of carbonyl (C=O) groups is 3. The van der Waals surface area contributed by atoms with E-state index in [0.717, 1.165) is 29.6 Å². The number of hydrogen-bond donors (Lipinski definition) is 2. The van der Waals surface area contributed by atoms with Crippen LogP contribution in [0.3, 0.4) is 0 Å². The van der Waals surface area contributed by atoms with Crippen LogP contribution in [0.4, 0.5) is 9.59 Å². The van der Waals surface area contributed by atoms with Crippen LogP contribution in [-0.4, -0.2) is 106 Å². The molecule has 0 unspecified atom stereocenters. The minimum atomic E-state index is -1.47. The number of carbonyl (C=O) groups excluding carboxylic acids is 3. The second-order valence-electron chi connectivity index (χ2n) is 13.1. The predicted octanol–water partition coefficient (Wildman–Crippen LogP) is 4.92. The first-order valence-electron chi connectivity index (χ1n) is 16.3. The molecule has 47 heavy (non-hydrogen) atoms. The molecule has 4 rings (SSSR count). The van der Waals surface area contributed by atoms with Crippen molar-refractivity contribution in [2.75, 3.05) is 39.8 Å². The minimum Gasteiger partial charge on any atom is -0.457 e. The van der Waals surface area contributed by atoms with E-state index in [1.807, 2.05) is 76.4 Å². The van der Waals surface area contributed by atoms with Gasteiger partial charge < -0.3 is 34.2 Å². The molecule has 0 bridgehead atoms. The van der Waals surface area contributed by atoms with Gasteiger partial charge in [0.15, 0.2) is 6.10 Å². The highest BCUT2D eigenvalue weighted by Crippen LogP contribution is 2.27. The molecule has 0 radical (unpaired) electrons. The van der Waals surface area contributed by atoms with Crippen molar-refractivity contribution < 1.29 is 38.8 Å². The number of rotatable bonds is 6. The topological polar surface area (TPSA) is 131 Å². The normalized spacial score (nSPS) is 28.3. The number of piperazine rings is 1. The molecule has 2 aliphatic heterocycles. The van der Waals surface area contributed by atoms with Gasteiger partial charge >= 0.3 is 18.2 Å². The van der Waals surface area contributed by atoms with Crippen LogP contribution in [0.15, 0.2) is 72.5 Å². The van der Waals surface area contributed by atoms with Crippen LogP contribution in [-0.2, 0) is 19.0 Å². The molecule has 0 spiro atoms. The Bertz CT molecular complexity index is 1470. The molecule has 11 nitrogen and oxygen atoms in total. The van der Waals surface area contributed by atoms with Gasteiger partial charge in [0.25, 0.3) is 0 Å². The summed E-state index contributed by atoms with van der Waals surface area (Å²) in [6.07, 6.45) is 7.09. The number of ether oxygens (including phenoxy) is 3. The Hall–Kier alpha value is -3.93. The third-order valence-corrected chi connectivity index (χ3v) is 8.83. The maximum Gasteiger partial charge on any atom is 0.418 e. The summed E-state index contributed by atoms with van der Waals surface area (Å²) in [5, 5.41) is 22.9. The summed E-state index contributed by atoms with van der Waals surface area (Å²) in [5.41, 5.74) is 0.0587. The zero-order valence-electron chi connectivity index (χ0n) is 28.1. The van der Waals surface area contributed by atoms with Gasteiger partial charge in [0.1, 0.15) is 11.7 Å². The highest BCUT2D eigenvalue weighted by molar-refractivity contribution is 5.89. The lowest BCUT2D eigenvalue weighted by Gasteiger charge is -2.36. The van der Waals surface area contributed by atoms with Crippen LogP contribution in [0.1, 0.15) is 47.0 Å². The minimum absolute atomic E-state index is 0.0888. The standard InChI is InChI=1S/C36H49N3O8/c1-25(24-45-35(43)39-18-16-28-11-6-7-12-30(28)39)9-8-10-26(2)33-27(3)13-14-31(46-34(42)38-21-19-37(5)20-22-38)36(4,44)17-15-29(40)23-32(41)47-33/h6-14,16,18,25,27,29,31,33,40,44H,15,17,19-24H2,1-5H3/b9-8+,14-13-,26-10+/t25-,27+,29+,31+,33-,36+/m1/s1. The summed E-state index contributed by atoms with van der Waals surface area (Å²) in [6.45, 7) is 9.93. The highest BCUT2D eigenvalue weighted by Gasteiger charge is 2.36. The molecule has 0 saturated carbocycles. The predicted molar refractivity (Wildman–Crippen MR) is 179 cm³/mol. The lowest BCUT2D eigenvalue weighted by Crippen LogP contribution is -2.50. The molecule has 2 aliphatic rings. The number of fused-ring (bicyclic) bond motifs is 1. The van der Waals surface area contributed by atoms with Gasteiger partial charge in [0.05, 0.1) is 24.6 Å². The van der Waals surface area contributed by atoms with E-state index in [0.29, 0.717) is 13.1 Å². The number of aliphatic hydroxyl groups is 2. The molecule has 1 aromatic heterocycles. The first-order chi connectivity index (χ1) is 22.3. The quantitative estimate of drug-likeness (QED) is 0.194. The summed E-state index contributed by atoms with van der Waals surface area (Å²) < 4.78 is 18.7. The molecule has 3 heterocycles. The molecule has 1 fully saturated rings. The molecular formula is C36H49N3O8. The number of likely N-dealkylation sites (N-methyl/N-ethyl adjacent to an activating group) is 1. The molecule has 11 heteroatoms. The number of aliphatic hydroxyl groups excluding tert-OH is 1. The zero-order chi connectivity index (χ0) is 34.1. The van der Waals surface area contributed by atoms with Crippen molar-refractivity contribution in [3.8, 4) is 0 Å². The second-order valence-corrected chi connectivity index (χ2v) is 13.1. The summed E-state index contributed by atoms with van der Waals surface area (Å²) in [4.78, 5) is 42.3. The monoisotopic (exact) mass is 651 g/mol. The van der Waals surface area contributed by atoms with Crippen molar-refractivity contribution in [2.45, 2.75) is 70.9 Å². The maximum absolute atomic E-state index is 13.0. The fourth-order valence-corrected chi connectivity index (χ4v) is 5.68. The van der Waals surface area contributed by atoms with Crippen molar-refractivity contribution in [3.05, 3.63) is 72.5 Å². The molecule has 0 aliphatic carbocycles. The number of esters is 1. The molecule has 1 amide bonds. The zero-order valence-corrected chi connectivity index (χ0v) is 28.1. The fourth-order valence-electron chi connectivity index (χ4n) is 5.68. The van der Waals surface area contributed by atoms with Gasteiger partial charge in [-0.1, -0.05) is 56.4 Å². The molecule has 2 aromatic rings. The first kappa shape index (κ1) is 35.9. The molecule has 2 N–H and O–H groups in total. The number of allylic oxidation sites excluding steroid dienone is 2. The van der Waals surface area contributed by atoms with Crippen molar-refractivity contribution in [3.63, 3.8) is 0 Å². The first-order valence-corrected chi connectivity index (χ1v) is 16.3. The van der Waals surface area contributed by atoms with Crippen LogP contribution in [0, 0.1) is 11.8 Å². The van der Waals surface area contributed by atoms with E-state index in [9.17, 15) is 24.6 Å². The molecule has 1 aromatic carbocycles. The van der Waals surface area contributed by atoms with E-state index in [1.54, 1.807) is 30.2 Å². The Morgan fingerprint density at radius 2 is 1.85 bits per heavy atom. The van der Waals surface area contributed by atoms with Crippen LogP contribution >= 0.6 is 0 Å². The number of hydrogen-bond acceptors (Lipinski definition) is 9. The van der Waals surface area contributed by atoms with Crippen LogP contribution in [0.25, 0.3) is 10.9 Å². The van der Waals surface area contributed by atoms with E-state index < -0.39 is 42.1 Å². The summed E-state index contributed by atoms with van der Waals surface area (Å²) in [7, 11) is 2.00. The van der Waals surface area contributed by atoms with Gasteiger partial charge in [-0.3, -0.25) is 9.36 Å². The SMILES string of the molecule is C/C(=C\C=C\[C@@H](C)COC(=O)n1ccc2ccccc21)[C@H]1OC(=O)C[C@@H](O)CC[C@](C)(O)[C@@H](OC(=O)N2CCN(C)CC2)/C=C\[C@@H]1C. The maximum atomic E-state index is 13.0. The molecule has 256 valence electrons. The third-order valence-electron chi connectivity index (χ3n) is 8.83. The number of benzene rings is 1. The van der Waals surface area contributed by atoms with E-state index in [4.69, 9.17) is 14.2 Å². The average molecular weight is 652 g/mol.